The summed E-state index contributed by atoms with van der Waals surface area (Å²) in [6.07, 6.45) is -0.211. The highest BCUT2D eigenvalue weighted by Gasteiger charge is 2.14. The van der Waals surface area contributed by atoms with E-state index < -0.39 is 24.4 Å². The summed E-state index contributed by atoms with van der Waals surface area (Å²) in [5, 5.41) is 12.3. The van der Waals surface area contributed by atoms with Gasteiger partial charge in [0.25, 0.3) is 11.5 Å². The number of benzene rings is 2. The number of carbonyl (C=O) groups excluding carboxylic acids is 3. The molecule has 0 unspecified atom stereocenters. The molecule has 0 aliphatic carbocycles. The summed E-state index contributed by atoms with van der Waals surface area (Å²) in [4.78, 5) is 47.8. The van der Waals surface area contributed by atoms with Gasteiger partial charge in [-0.3, -0.25) is 19.2 Å². The van der Waals surface area contributed by atoms with Gasteiger partial charge in [-0.25, -0.2) is 5.10 Å². The second kappa shape index (κ2) is 9.66. The minimum absolute atomic E-state index is 0.211. The summed E-state index contributed by atoms with van der Waals surface area (Å²) in [5.74, 6) is -1.68. The van der Waals surface area contributed by atoms with Crippen LogP contribution >= 0.6 is 0 Å². The summed E-state index contributed by atoms with van der Waals surface area (Å²) >= 11 is 0. The molecular weight excluding hydrogens is 400 g/mol. The smallest absolute Gasteiger partial charge is 0.312 e. The minimum Gasteiger partial charge on any atom is -0.455 e. The van der Waals surface area contributed by atoms with Crippen LogP contribution in [0.2, 0.25) is 0 Å². The van der Waals surface area contributed by atoms with E-state index in [-0.39, 0.29) is 18.5 Å². The van der Waals surface area contributed by atoms with Crippen molar-refractivity contribution in [3.8, 4) is 0 Å². The molecule has 0 saturated heterocycles. The van der Waals surface area contributed by atoms with Gasteiger partial charge in [-0.1, -0.05) is 30.3 Å². The molecule has 1 aromatic heterocycles. The van der Waals surface area contributed by atoms with Crippen molar-refractivity contribution in [3.05, 3.63) is 69.6 Å². The van der Waals surface area contributed by atoms with Crippen LogP contribution in [0.15, 0.2) is 47.3 Å². The lowest BCUT2D eigenvalue weighted by Crippen LogP contribution is -2.35. The van der Waals surface area contributed by atoms with Crippen LogP contribution in [0.4, 0.5) is 5.69 Å². The zero-order valence-corrected chi connectivity index (χ0v) is 17.2. The number of aromatic nitrogens is 2. The number of aryl methyl sites for hydroxylation is 1. The topological polar surface area (TPSA) is 130 Å². The number of hydrogen-bond acceptors (Lipinski definition) is 6. The Hall–Kier alpha value is -4.01. The molecule has 0 aliphatic heterocycles. The predicted octanol–water partition coefficient (Wildman–Crippen LogP) is 1.38. The second-order valence-corrected chi connectivity index (χ2v) is 6.95. The van der Waals surface area contributed by atoms with Crippen LogP contribution in [-0.4, -0.2) is 41.1 Å². The van der Waals surface area contributed by atoms with Crippen molar-refractivity contribution in [3.63, 3.8) is 0 Å². The molecule has 3 rings (SSSR count). The maximum Gasteiger partial charge on any atom is 0.312 e. The first kappa shape index (κ1) is 21.7. The quantitative estimate of drug-likeness (QED) is 0.493. The first-order valence-electron chi connectivity index (χ1n) is 9.60. The number of fused-ring (bicyclic) bond motifs is 1. The van der Waals surface area contributed by atoms with Crippen LogP contribution in [0.3, 0.4) is 0 Å². The lowest BCUT2D eigenvalue weighted by Gasteiger charge is -2.11. The maximum absolute atomic E-state index is 12.1. The van der Waals surface area contributed by atoms with Crippen molar-refractivity contribution in [2.24, 2.45) is 0 Å². The highest BCUT2D eigenvalue weighted by Crippen LogP contribution is 2.17. The number of hydrogen-bond donors (Lipinski definition) is 3. The van der Waals surface area contributed by atoms with E-state index in [0.29, 0.717) is 22.2 Å². The number of anilines is 1. The third kappa shape index (κ3) is 5.53. The molecule has 3 aromatic rings. The fourth-order valence-electron chi connectivity index (χ4n) is 2.95. The van der Waals surface area contributed by atoms with Crippen LogP contribution in [0.25, 0.3) is 10.8 Å². The third-order valence-electron chi connectivity index (χ3n) is 4.78. The van der Waals surface area contributed by atoms with Crippen LogP contribution in [-0.2, 0) is 25.5 Å². The van der Waals surface area contributed by atoms with Gasteiger partial charge in [0, 0.05) is 11.1 Å². The Balaban J connectivity index is 1.47. The second-order valence-electron chi connectivity index (χ2n) is 6.95. The Morgan fingerprint density at radius 3 is 2.52 bits per heavy atom. The standard InChI is InChI=1S/C22H22N4O5/c1-13-6-5-9-17(14(13)2)24-19(27)11-23-20(28)12-31-21(29)10-18-15-7-3-4-8-16(15)22(30)26-25-18/h3-9H,10-12H2,1-2H3,(H,23,28)(H,24,27)(H,26,30). The molecule has 2 amide bonds. The Labute approximate surface area is 177 Å². The normalized spacial score (nSPS) is 10.5. The lowest BCUT2D eigenvalue weighted by molar-refractivity contribution is -0.147. The van der Waals surface area contributed by atoms with E-state index in [0.717, 1.165) is 11.1 Å². The summed E-state index contributed by atoms with van der Waals surface area (Å²) in [6, 6.07) is 12.3. The SMILES string of the molecule is Cc1cccc(NC(=O)CNC(=O)COC(=O)Cc2n[nH]c(=O)c3ccccc23)c1C. The summed E-state index contributed by atoms with van der Waals surface area (Å²) < 4.78 is 4.96. The average molecular weight is 422 g/mol. The maximum atomic E-state index is 12.1. The van der Waals surface area contributed by atoms with Gasteiger partial charge in [0.1, 0.15) is 0 Å². The first-order valence-corrected chi connectivity index (χ1v) is 9.60. The number of amides is 2. The molecule has 3 N–H and O–H groups in total. The molecule has 9 nitrogen and oxygen atoms in total. The molecule has 0 radical (unpaired) electrons. The number of esters is 1. The zero-order chi connectivity index (χ0) is 22.4. The van der Waals surface area contributed by atoms with E-state index >= 15 is 0 Å². The van der Waals surface area contributed by atoms with E-state index in [1.807, 2.05) is 26.0 Å². The number of ether oxygens (including phenoxy) is 1. The van der Waals surface area contributed by atoms with Crippen molar-refractivity contribution in [2.45, 2.75) is 20.3 Å². The van der Waals surface area contributed by atoms with Crippen LogP contribution in [0.1, 0.15) is 16.8 Å². The van der Waals surface area contributed by atoms with Gasteiger partial charge in [0.2, 0.25) is 5.91 Å². The monoisotopic (exact) mass is 422 g/mol. The molecule has 0 bridgehead atoms. The highest BCUT2D eigenvalue weighted by atomic mass is 16.5. The van der Waals surface area contributed by atoms with Crippen molar-refractivity contribution in [1.29, 1.82) is 0 Å². The summed E-state index contributed by atoms with van der Waals surface area (Å²) in [6.45, 7) is 3.04. The van der Waals surface area contributed by atoms with Crippen molar-refractivity contribution in [2.75, 3.05) is 18.5 Å². The molecule has 0 saturated carbocycles. The van der Waals surface area contributed by atoms with Crippen LogP contribution < -0.4 is 16.2 Å². The summed E-state index contributed by atoms with van der Waals surface area (Å²) in [7, 11) is 0. The lowest BCUT2D eigenvalue weighted by atomic mass is 10.1. The molecule has 2 aromatic carbocycles. The molecule has 0 spiro atoms. The Morgan fingerprint density at radius 2 is 1.74 bits per heavy atom. The predicted molar refractivity (Wildman–Crippen MR) is 115 cm³/mol. The summed E-state index contributed by atoms with van der Waals surface area (Å²) in [5.41, 5.74) is 2.64. The number of rotatable bonds is 7. The first-order chi connectivity index (χ1) is 14.8. The van der Waals surface area contributed by atoms with E-state index in [2.05, 4.69) is 20.8 Å². The Kier molecular flexibility index (Phi) is 6.76. The number of carbonyl (C=O) groups is 3. The molecule has 31 heavy (non-hydrogen) atoms. The van der Waals surface area contributed by atoms with Gasteiger partial charge < -0.3 is 15.4 Å². The van der Waals surface area contributed by atoms with Crippen LogP contribution in [0, 0.1) is 13.8 Å². The highest BCUT2D eigenvalue weighted by molar-refractivity contribution is 5.95. The average Bonchev–Trinajstić information content (AvgIpc) is 2.76. The van der Waals surface area contributed by atoms with Crippen molar-refractivity contribution < 1.29 is 19.1 Å². The van der Waals surface area contributed by atoms with E-state index in [1.54, 1.807) is 30.3 Å². The number of nitrogens with one attached hydrogen (secondary N) is 3. The number of aromatic amines is 1. The van der Waals surface area contributed by atoms with Crippen molar-refractivity contribution in [1.82, 2.24) is 15.5 Å². The number of H-pyrrole nitrogens is 1. The molecule has 9 heteroatoms. The van der Waals surface area contributed by atoms with E-state index in [4.69, 9.17) is 4.74 Å². The fourth-order valence-corrected chi connectivity index (χ4v) is 2.95. The molecule has 0 fully saturated rings. The van der Waals surface area contributed by atoms with E-state index in [9.17, 15) is 19.2 Å². The minimum atomic E-state index is -0.681. The van der Waals surface area contributed by atoms with Gasteiger partial charge in [-0.2, -0.15) is 5.10 Å². The molecular formula is C22H22N4O5. The molecule has 1 heterocycles. The zero-order valence-electron chi connectivity index (χ0n) is 17.2. The Morgan fingerprint density at radius 1 is 1.00 bits per heavy atom. The van der Waals surface area contributed by atoms with Gasteiger partial charge in [0.05, 0.1) is 24.0 Å². The van der Waals surface area contributed by atoms with Gasteiger partial charge in [0.15, 0.2) is 6.61 Å². The molecule has 0 aliphatic rings. The third-order valence-corrected chi connectivity index (χ3v) is 4.78. The molecule has 160 valence electrons. The van der Waals surface area contributed by atoms with Gasteiger partial charge in [-0.05, 0) is 37.1 Å². The fraction of sp³-hybridized carbons (Fsp3) is 0.227. The van der Waals surface area contributed by atoms with Gasteiger partial charge in [-0.15, -0.1) is 0 Å². The molecule has 0 atom stereocenters. The largest absolute Gasteiger partial charge is 0.455 e. The van der Waals surface area contributed by atoms with Gasteiger partial charge >= 0.3 is 5.97 Å². The van der Waals surface area contributed by atoms with Crippen LogP contribution in [0.5, 0.6) is 0 Å². The van der Waals surface area contributed by atoms with E-state index in [1.165, 1.54) is 0 Å². The van der Waals surface area contributed by atoms with Crippen molar-refractivity contribution >= 4 is 34.2 Å². The Bertz CT molecular complexity index is 1200. The number of nitrogens with zero attached hydrogens (tertiary/aromatic N) is 1.